The smallest absolute Gasteiger partial charge is 0.0541 e. The largest absolute Gasteiger partial charge is 0.273 e. The van der Waals surface area contributed by atoms with Gasteiger partial charge in [0.1, 0.15) is 0 Å². The third kappa shape index (κ3) is 2.63. The lowest BCUT2D eigenvalue weighted by Crippen LogP contribution is -2.29. The minimum absolute atomic E-state index is 0.127. The summed E-state index contributed by atoms with van der Waals surface area (Å²) in [5.41, 5.74) is 5.23. The summed E-state index contributed by atoms with van der Waals surface area (Å²) in [6.07, 6.45) is 3.90. The molecule has 0 saturated heterocycles. The minimum atomic E-state index is 0.127. The van der Waals surface area contributed by atoms with E-state index in [2.05, 4.69) is 36.5 Å². The SMILES string of the molecule is CCc1ccc(CC(NN)c2cnn(C)c2C)s1. The van der Waals surface area contributed by atoms with Crippen LogP contribution in [0.4, 0.5) is 0 Å². The highest BCUT2D eigenvalue weighted by Crippen LogP contribution is 2.25. The predicted octanol–water partition coefficient (Wildman–Crippen LogP) is 2.10. The van der Waals surface area contributed by atoms with E-state index in [0.29, 0.717) is 0 Å². The monoisotopic (exact) mass is 264 g/mol. The molecule has 2 aromatic heterocycles. The van der Waals surface area contributed by atoms with E-state index in [-0.39, 0.29) is 6.04 Å². The molecular weight excluding hydrogens is 244 g/mol. The normalized spacial score (nSPS) is 12.9. The lowest BCUT2D eigenvalue weighted by molar-refractivity contribution is 0.551. The first-order valence-electron chi connectivity index (χ1n) is 6.18. The van der Waals surface area contributed by atoms with Crippen LogP contribution in [0.2, 0.25) is 0 Å². The molecule has 0 spiro atoms. The topological polar surface area (TPSA) is 55.9 Å². The number of nitrogens with two attached hydrogens (primary N) is 1. The van der Waals surface area contributed by atoms with E-state index in [1.165, 1.54) is 15.3 Å². The maximum Gasteiger partial charge on any atom is 0.0541 e. The van der Waals surface area contributed by atoms with Gasteiger partial charge in [-0.1, -0.05) is 6.92 Å². The van der Waals surface area contributed by atoms with Gasteiger partial charge in [-0.05, 0) is 25.5 Å². The Morgan fingerprint density at radius 1 is 1.44 bits per heavy atom. The summed E-state index contributed by atoms with van der Waals surface area (Å²) in [5.74, 6) is 5.69. The van der Waals surface area contributed by atoms with Crippen molar-refractivity contribution in [3.8, 4) is 0 Å². The van der Waals surface area contributed by atoms with Crippen LogP contribution in [0.5, 0.6) is 0 Å². The van der Waals surface area contributed by atoms with Gasteiger partial charge in [0.05, 0.1) is 12.2 Å². The average molecular weight is 264 g/mol. The molecule has 0 fully saturated rings. The van der Waals surface area contributed by atoms with Crippen LogP contribution in [0.1, 0.15) is 34.0 Å². The van der Waals surface area contributed by atoms with Gasteiger partial charge in [-0.2, -0.15) is 5.10 Å². The van der Waals surface area contributed by atoms with E-state index in [4.69, 9.17) is 5.84 Å². The molecule has 1 atom stereocenters. The molecule has 0 aliphatic rings. The van der Waals surface area contributed by atoms with Crippen molar-refractivity contribution in [3.05, 3.63) is 39.3 Å². The molecule has 0 bridgehead atoms. The van der Waals surface area contributed by atoms with Gasteiger partial charge in [-0.3, -0.25) is 16.0 Å². The number of hydrazine groups is 1. The lowest BCUT2D eigenvalue weighted by Gasteiger charge is -2.14. The second kappa shape index (κ2) is 5.65. The van der Waals surface area contributed by atoms with Crippen LogP contribution in [0, 0.1) is 6.92 Å². The van der Waals surface area contributed by atoms with Gasteiger partial charge >= 0.3 is 0 Å². The Morgan fingerprint density at radius 2 is 2.17 bits per heavy atom. The standard InChI is InChI=1S/C13H20N4S/c1-4-10-5-6-11(18-10)7-13(16-14)12-8-15-17(3)9(12)2/h5-6,8,13,16H,4,7,14H2,1-3H3. The molecule has 0 amide bonds. The van der Waals surface area contributed by atoms with Gasteiger partial charge < -0.3 is 0 Å². The first-order chi connectivity index (χ1) is 8.65. The van der Waals surface area contributed by atoms with E-state index < -0.39 is 0 Å². The molecule has 3 N–H and O–H groups in total. The average Bonchev–Trinajstić information content (AvgIpc) is 2.96. The number of hydrogen-bond acceptors (Lipinski definition) is 4. The molecule has 98 valence electrons. The Hall–Kier alpha value is -1.17. The van der Waals surface area contributed by atoms with Crippen molar-refractivity contribution in [2.24, 2.45) is 12.9 Å². The van der Waals surface area contributed by atoms with Crippen molar-refractivity contribution in [2.75, 3.05) is 0 Å². The van der Waals surface area contributed by atoms with Crippen LogP contribution in [0.15, 0.2) is 18.3 Å². The highest BCUT2D eigenvalue weighted by Gasteiger charge is 2.16. The van der Waals surface area contributed by atoms with E-state index in [1.807, 2.05) is 29.3 Å². The van der Waals surface area contributed by atoms with E-state index >= 15 is 0 Å². The zero-order valence-corrected chi connectivity index (χ0v) is 11.9. The minimum Gasteiger partial charge on any atom is -0.273 e. The van der Waals surface area contributed by atoms with Crippen molar-refractivity contribution in [3.63, 3.8) is 0 Å². The van der Waals surface area contributed by atoms with Gasteiger partial charge in [-0.15, -0.1) is 11.3 Å². The van der Waals surface area contributed by atoms with Crippen molar-refractivity contribution < 1.29 is 0 Å². The number of aromatic nitrogens is 2. The summed E-state index contributed by atoms with van der Waals surface area (Å²) in [6, 6.07) is 4.52. The Labute approximate surface area is 112 Å². The van der Waals surface area contributed by atoms with Crippen molar-refractivity contribution >= 4 is 11.3 Å². The predicted molar refractivity (Wildman–Crippen MR) is 75.4 cm³/mol. The van der Waals surface area contributed by atoms with Gasteiger partial charge in [-0.25, -0.2) is 0 Å². The van der Waals surface area contributed by atoms with Crippen LogP contribution in [0.25, 0.3) is 0 Å². The molecular formula is C13H20N4S. The maximum absolute atomic E-state index is 5.69. The fourth-order valence-corrected chi connectivity index (χ4v) is 3.04. The number of thiophene rings is 1. The fraction of sp³-hybridized carbons (Fsp3) is 0.462. The van der Waals surface area contributed by atoms with Crippen molar-refractivity contribution in [1.82, 2.24) is 15.2 Å². The molecule has 2 rings (SSSR count). The lowest BCUT2D eigenvalue weighted by atomic mass is 10.0. The second-order valence-corrected chi connectivity index (χ2v) is 5.71. The molecule has 0 aliphatic carbocycles. The van der Waals surface area contributed by atoms with Gasteiger partial charge in [0.2, 0.25) is 0 Å². The summed E-state index contributed by atoms with van der Waals surface area (Å²) < 4.78 is 1.88. The quantitative estimate of drug-likeness (QED) is 0.642. The summed E-state index contributed by atoms with van der Waals surface area (Å²) in [5, 5.41) is 4.27. The third-order valence-corrected chi connectivity index (χ3v) is 4.57. The number of rotatable bonds is 5. The highest BCUT2D eigenvalue weighted by atomic mass is 32.1. The molecule has 0 radical (unpaired) electrons. The van der Waals surface area contributed by atoms with E-state index in [9.17, 15) is 0 Å². The molecule has 2 aromatic rings. The van der Waals surface area contributed by atoms with Crippen LogP contribution in [0.3, 0.4) is 0 Å². The Morgan fingerprint density at radius 3 is 2.67 bits per heavy atom. The van der Waals surface area contributed by atoms with Crippen LogP contribution in [-0.4, -0.2) is 9.78 Å². The summed E-state index contributed by atoms with van der Waals surface area (Å²) in [6.45, 7) is 4.25. The number of hydrogen-bond donors (Lipinski definition) is 2. The van der Waals surface area contributed by atoms with Gasteiger partial charge in [0.25, 0.3) is 0 Å². The molecule has 2 heterocycles. The molecule has 1 unspecified atom stereocenters. The third-order valence-electron chi connectivity index (χ3n) is 3.32. The van der Waals surface area contributed by atoms with Gasteiger partial charge in [0, 0.05) is 34.5 Å². The highest BCUT2D eigenvalue weighted by molar-refractivity contribution is 7.11. The summed E-state index contributed by atoms with van der Waals surface area (Å²) >= 11 is 1.86. The van der Waals surface area contributed by atoms with E-state index in [0.717, 1.165) is 18.5 Å². The van der Waals surface area contributed by atoms with E-state index in [1.54, 1.807) is 0 Å². The van der Waals surface area contributed by atoms with Crippen molar-refractivity contribution in [1.29, 1.82) is 0 Å². The number of nitrogens with zero attached hydrogens (tertiary/aromatic N) is 2. The Kier molecular flexibility index (Phi) is 4.16. The van der Waals surface area contributed by atoms with Crippen LogP contribution < -0.4 is 11.3 Å². The molecule has 18 heavy (non-hydrogen) atoms. The Balaban J connectivity index is 2.16. The number of nitrogens with one attached hydrogen (secondary N) is 1. The molecule has 0 saturated carbocycles. The zero-order valence-electron chi connectivity index (χ0n) is 11.1. The fourth-order valence-electron chi connectivity index (χ4n) is 2.04. The summed E-state index contributed by atoms with van der Waals surface area (Å²) in [4.78, 5) is 2.78. The molecule has 0 aliphatic heterocycles. The second-order valence-electron chi connectivity index (χ2n) is 4.45. The zero-order chi connectivity index (χ0) is 13.1. The molecule has 5 heteroatoms. The first-order valence-corrected chi connectivity index (χ1v) is 6.99. The summed E-state index contributed by atoms with van der Waals surface area (Å²) in [7, 11) is 1.95. The van der Waals surface area contributed by atoms with Crippen LogP contribution in [-0.2, 0) is 19.9 Å². The van der Waals surface area contributed by atoms with Crippen LogP contribution >= 0.6 is 11.3 Å². The van der Waals surface area contributed by atoms with Crippen molar-refractivity contribution in [2.45, 2.75) is 32.7 Å². The van der Waals surface area contributed by atoms with Gasteiger partial charge in [0.15, 0.2) is 0 Å². The maximum atomic E-state index is 5.69. The molecule has 4 nitrogen and oxygen atoms in total. The Bertz CT molecular complexity index is 515. The molecule has 0 aromatic carbocycles. The first kappa shape index (κ1) is 13.3. The number of aryl methyl sites for hydroxylation is 2.